The minimum Gasteiger partial charge on any atom is -0.337 e. The quantitative estimate of drug-likeness (QED) is 0.798. The van der Waals surface area contributed by atoms with Gasteiger partial charge in [0.25, 0.3) is 0 Å². The van der Waals surface area contributed by atoms with Crippen LogP contribution in [0.3, 0.4) is 0 Å². The van der Waals surface area contributed by atoms with Gasteiger partial charge >= 0.3 is 0 Å². The van der Waals surface area contributed by atoms with Crippen molar-refractivity contribution in [2.24, 2.45) is 5.41 Å². The summed E-state index contributed by atoms with van der Waals surface area (Å²) in [4.78, 5) is 30.5. The van der Waals surface area contributed by atoms with Crippen LogP contribution in [0.15, 0.2) is 28.8 Å². The van der Waals surface area contributed by atoms with Gasteiger partial charge in [-0.05, 0) is 25.0 Å². The molecule has 1 saturated heterocycles. The van der Waals surface area contributed by atoms with E-state index in [0.29, 0.717) is 22.8 Å². The molecule has 1 saturated carbocycles. The lowest BCUT2D eigenvalue weighted by Gasteiger charge is -2.19. The Bertz CT molecular complexity index is 811. The van der Waals surface area contributed by atoms with Crippen molar-refractivity contribution in [1.82, 2.24) is 15.0 Å². The van der Waals surface area contributed by atoms with Crippen molar-refractivity contribution in [3.63, 3.8) is 0 Å². The minimum atomic E-state index is -0.483. The van der Waals surface area contributed by atoms with E-state index in [1.807, 2.05) is 12.1 Å². The lowest BCUT2D eigenvalue weighted by Crippen LogP contribution is -2.34. The zero-order valence-electron chi connectivity index (χ0n) is 13.0. The topological polar surface area (TPSA) is 76.3 Å². The molecule has 24 heavy (non-hydrogen) atoms. The summed E-state index contributed by atoms with van der Waals surface area (Å²) in [5.41, 5.74) is 0.170. The fourth-order valence-electron chi connectivity index (χ4n) is 3.67. The normalized spacial score (nSPS) is 19.6. The number of amides is 2. The molecular weight excluding hydrogens is 330 g/mol. The van der Waals surface area contributed by atoms with Gasteiger partial charge in [0.2, 0.25) is 23.5 Å². The summed E-state index contributed by atoms with van der Waals surface area (Å²) in [5, 5.41) is 4.43. The molecule has 2 fully saturated rings. The van der Waals surface area contributed by atoms with E-state index in [0.717, 1.165) is 25.7 Å². The summed E-state index contributed by atoms with van der Waals surface area (Å²) >= 11 is 6.13. The minimum absolute atomic E-state index is 0.0247. The van der Waals surface area contributed by atoms with Crippen LogP contribution >= 0.6 is 11.6 Å². The Balaban J connectivity index is 1.55. The van der Waals surface area contributed by atoms with Gasteiger partial charge in [-0.15, -0.1) is 0 Å². The number of likely N-dealkylation sites (tertiary alicyclic amines) is 1. The number of hydrogen-bond donors (Lipinski definition) is 0. The van der Waals surface area contributed by atoms with Gasteiger partial charge < -0.3 is 4.52 Å². The molecule has 1 aromatic carbocycles. The molecule has 0 atom stereocenters. The molecule has 2 heterocycles. The second kappa shape index (κ2) is 5.70. The fourth-order valence-corrected chi connectivity index (χ4v) is 3.89. The van der Waals surface area contributed by atoms with Gasteiger partial charge in [0.1, 0.15) is 6.54 Å². The number of nitrogens with zero attached hydrogens (tertiary/aromatic N) is 3. The maximum Gasteiger partial charge on any atom is 0.247 e. The number of carbonyl (C=O) groups is 2. The first-order chi connectivity index (χ1) is 11.6. The molecule has 1 aliphatic carbocycles. The van der Waals surface area contributed by atoms with Crippen molar-refractivity contribution >= 4 is 23.4 Å². The Morgan fingerprint density at radius 2 is 1.96 bits per heavy atom. The summed E-state index contributed by atoms with van der Waals surface area (Å²) in [6.45, 7) is 0.0247. The summed E-state index contributed by atoms with van der Waals surface area (Å²) in [6.07, 6.45) is 3.90. The Kier molecular flexibility index (Phi) is 3.64. The number of imide groups is 1. The van der Waals surface area contributed by atoms with E-state index in [2.05, 4.69) is 10.1 Å². The van der Waals surface area contributed by atoms with Crippen LogP contribution in [0, 0.1) is 5.41 Å². The fraction of sp³-hybridized carbons (Fsp3) is 0.412. The maximum atomic E-state index is 12.7. The maximum absolute atomic E-state index is 12.7. The predicted octanol–water partition coefficient (Wildman–Crippen LogP) is 3.21. The predicted molar refractivity (Wildman–Crippen MR) is 85.8 cm³/mol. The van der Waals surface area contributed by atoms with Gasteiger partial charge in [-0.1, -0.05) is 41.7 Å². The average Bonchev–Trinajstić information content (AvgIpc) is 3.26. The van der Waals surface area contributed by atoms with Crippen molar-refractivity contribution in [2.45, 2.75) is 38.6 Å². The molecule has 1 spiro atoms. The number of hydrogen-bond acceptors (Lipinski definition) is 5. The van der Waals surface area contributed by atoms with Crippen LogP contribution in [0.1, 0.15) is 38.0 Å². The standard InChI is InChI=1S/C17H16ClN3O3/c18-12-6-2-1-5-11(12)15-19-13(24-20-15)10-21-14(22)9-17(16(21)23)7-3-4-8-17/h1-2,5-6H,3-4,7-10H2. The van der Waals surface area contributed by atoms with E-state index in [9.17, 15) is 9.59 Å². The van der Waals surface area contributed by atoms with Gasteiger partial charge in [-0.25, -0.2) is 0 Å². The van der Waals surface area contributed by atoms with Gasteiger partial charge in [0, 0.05) is 12.0 Å². The number of rotatable bonds is 3. The van der Waals surface area contributed by atoms with Crippen molar-refractivity contribution < 1.29 is 14.1 Å². The Hall–Kier alpha value is -2.21. The average molecular weight is 346 g/mol. The van der Waals surface area contributed by atoms with E-state index in [4.69, 9.17) is 16.1 Å². The number of carbonyl (C=O) groups excluding carboxylic acids is 2. The molecule has 2 aromatic rings. The summed E-state index contributed by atoms with van der Waals surface area (Å²) in [5.74, 6) is 0.342. The smallest absolute Gasteiger partial charge is 0.247 e. The van der Waals surface area contributed by atoms with Crippen molar-refractivity contribution in [1.29, 1.82) is 0 Å². The molecular formula is C17H16ClN3O3. The third kappa shape index (κ3) is 2.41. The highest BCUT2D eigenvalue weighted by molar-refractivity contribution is 6.33. The largest absolute Gasteiger partial charge is 0.337 e. The summed E-state index contributed by atoms with van der Waals surface area (Å²) in [7, 11) is 0. The van der Waals surface area contributed by atoms with Crippen LogP contribution in [0.4, 0.5) is 0 Å². The molecule has 124 valence electrons. The van der Waals surface area contributed by atoms with Gasteiger partial charge in [0.15, 0.2) is 0 Å². The molecule has 7 heteroatoms. The van der Waals surface area contributed by atoms with Crippen LogP contribution in [-0.2, 0) is 16.1 Å². The molecule has 1 aromatic heterocycles. The first-order valence-electron chi connectivity index (χ1n) is 8.01. The molecule has 1 aliphatic heterocycles. The van der Waals surface area contributed by atoms with Gasteiger partial charge in [-0.3, -0.25) is 14.5 Å². The van der Waals surface area contributed by atoms with Gasteiger partial charge in [-0.2, -0.15) is 4.98 Å². The van der Waals surface area contributed by atoms with E-state index >= 15 is 0 Å². The molecule has 4 rings (SSSR count). The van der Waals surface area contributed by atoms with E-state index < -0.39 is 5.41 Å². The number of aromatic nitrogens is 2. The molecule has 6 nitrogen and oxygen atoms in total. The highest BCUT2D eigenvalue weighted by Crippen LogP contribution is 2.47. The molecule has 0 unspecified atom stereocenters. The molecule has 0 radical (unpaired) electrons. The first-order valence-corrected chi connectivity index (χ1v) is 8.39. The zero-order chi connectivity index (χ0) is 16.7. The Labute approximate surface area is 143 Å². The van der Waals surface area contributed by atoms with E-state index in [-0.39, 0.29) is 24.2 Å². The molecule has 0 N–H and O–H groups in total. The number of halogens is 1. The monoisotopic (exact) mass is 345 g/mol. The summed E-state index contributed by atoms with van der Waals surface area (Å²) in [6, 6.07) is 7.17. The van der Waals surface area contributed by atoms with Gasteiger partial charge in [0.05, 0.1) is 10.4 Å². The van der Waals surface area contributed by atoms with Crippen LogP contribution in [0.2, 0.25) is 5.02 Å². The Morgan fingerprint density at radius 3 is 2.71 bits per heavy atom. The van der Waals surface area contributed by atoms with Crippen LogP contribution in [0.5, 0.6) is 0 Å². The van der Waals surface area contributed by atoms with E-state index in [1.165, 1.54) is 4.90 Å². The third-order valence-electron chi connectivity index (χ3n) is 4.93. The van der Waals surface area contributed by atoms with Crippen LogP contribution in [0.25, 0.3) is 11.4 Å². The van der Waals surface area contributed by atoms with Crippen molar-refractivity contribution in [3.8, 4) is 11.4 Å². The van der Waals surface area contributed by atoms with Crippen LogP contribution < -0.4 is 0 Å². The molecule has 2 amide bonds. The molecule has 2 aliphatic rings. The van der Waals surface area contributed by atoms with Crippen LogP contribution in [-0.4, -0.2) is 26.9 Å². The highest BCUT2D eigenvalue weighted by Gasteiger charge is 2.52. The second-order valence-electron chi connectivity index (χ2n) is 6.44. The van der Waals surface area contributed by atoms with Crippen molar-refractivity contribution in [2.75, 3.05) is 0 Å². The number of benzene rings is 1. The highest BCUT2D eigenvalue weighted by atomic mass is 35.5. The second-order valence-corrected chi connectivity index (χ2v) is 6.85. The zero-order valence-corrected chi connectivity index (χ0v) is 13.8. The summed E-state index contributed by atoms with van der Waals surface area (Å²) < 4.78 is 5.22. The molecule has 0 bridgehead atoms. The first kappa shape index (κ1) is 15.3. The SMILES string of the molecule is O=C1CC2(CCCC2)C(=O)N1Cc1nc(-c2ccccc2Cl)no1. The lowest BCUT2D eigenvalue weighted by molar-refractivity contribution is -0.142. The van der Waals surface area contributed by atoms with E-state index in [1.54, 1.807) is 12.1 Å². The third-order valence-corrected chi connectivity index (χ3v) is 5.26. The van der Waals surface area contributed by atoms with Crippen molar-refractivity contribution in [3.05, 3.63) is 35.2 Å². The Morgan fingerprint density at radius 1 is 1.21 bits per heavy atom. The lowest BCUT2D eigenvalue weighted by atomic mass is 9.84.